The van der Waals surface area contributed by atoms with Gasteiger partial charge < -0.3 is 21.5 Å². The Balaban J connectivity index is 2.40. The molecule has 0 aromatic carbocycles. The number of ether oxygens (including phenoxy) is 1. The van der Waals surface area contributed by atoms with E-state index in [1.54, 1.807) is 12.3 Å². The Bertz CT molecular complexity index is 358. The molecule has 7 heteroatoms. The van der Waals surface area contributed by atoms with Crippen LogP contribution in [0.25, 0.3) is 0 Å². The second kappa shape index (κ2) is 5.40. The van der Waals surface area contributed by atoms with Crippen molar-refractivity contribution in [3.63, 3.8) is 0 Å². The molecule has 0 unspecified atom stereocenters. The number of nitrogens with one attached hydrogen (secondary N) is 1. The number of halogens is 1. The summed E-state index contributed by atoms with van der Waals surface area (Å²) < 4.78 is 5.33. The van der Waals surface area contributed by atoms with Gasteiger partial charge in [0.25, 0.3) is 0 Å². The van der Waals surface area contributed by atoms with E-state index in [4.69, 9.17) is 11.5 Å². The highest BCUT2D eigenvalue weighted by Gasteiger charge is 2.00. The number of pyridine rings is 1. The largest absolute Gasteiger partial charge is 0.448 e. The maximum Gasteiger partial charge on any atom is 0.404 e. The van der Waals surface area contributed by atoms with Crippen molar-refractivity contribution in [3.8, 4) is 0 Å². The van der Waals surface area contributed by atoms with Crippen LogP contribution >= 0.6 is 15.9 Å². The van der Waals surface area contributed by atoms with Crippen molar-refractivity contribution in [2.24, 2.45) is 5.73 Å². The number of carbonyl (C=O) groups is 1. The maximum absolute atomic E-state index is 10.2. The molecule has 0 radical (unpaired) electrons. The van der Waals surface area contributed by atoms with Gasteiger partial charge in [0.05, 0.1) is 12.2 Å². The van der Waals surface area contributed by atoms with Crippen molar-refractivity contribution < 1.29 is 9.53 Å². The van der Waals surface area contributed by atoms with Crippen LogP contribution in [0.5, 0.6) is 0 Å². The van der Waals surface area contributed by atoms with Crippen molar-refractivity contribution >= 4 is 33.5 Å². The number of carbonyl (C=O) groups excluding carboxylic acids is 1. The summed E-state index contributed by atoms with van der Waals surface area (Å²) in [5.74, 6) is 0.547. The van der Waals surface area contributed by atoms with Crippen molar-refractivity contribution in [1.82, 2.24) is 4.98 Å². The Morgan fingerprint density at radius 1 is 1.67 bits per heavy atom. The molecule has 0 fully saturated rings. The standard InChI is InChI=1S/C8H11BrN4O2/c9-5-3-6(10)7(13-4-5)12-1-2-15-8(11)14/h3-4H,1-2,10H2,(H2,11,14)(H,12,13). The van der Waals surface area contributed by atoms with E-state index < -0.39 is 6.09 Å². The van der Waals surface area contributed by atoms with Gasteiger partial charge in [0.2, 0.25) is 0 Å². The van der Waals surface area contributed by atoms with Crippen molar-refractivity contribution in [2.45, 2.75) is 0 Å². The van der Waals surface area contributed by atoms with Gasteiger partial charge in [-0.25, -0.2) is 9.78 Å². The van der Waals surface area contributed by atoms with Crippen molar-refractivity contribution in [1.29, 1.82) is 0 Å². The first-order chi connectivity index (χ1) is 7.09. The predicted octanol–water partition coefficient (Wildman–Crippen LogP) is 0.933. The van der Waals surface area contributed by atoms with Gasteiger partial charge in [0.1, 0.15) is 12.4 Å². The molecular formula is C8H11BrN4O2. The zero-order valence-corrected chi connectivity index (χ0v) is 9.45. The Hall–Kier alpha value is -1.50. The topological polar surface area (TPSA) is 103 Å². The summed E-state index contributed by atoms with van der Waals surface area (Å²) in [6, 6.07) is 1.73. The molecule has 0 aliphatic heterocycles. The Morgan fingerprint density at radius 2 is 2.40 bits per heavy atom. The van der Waals surface area contributed by atoms with E-state index in [-0.39, 0.29) is 6.61 Å². The summed E-state index contributed by atoms with van der Waals surface area (Å²) in [5, 5.41) is 2.91. The van der Waals surface area contributed by atoms with Crippen LogP contribution < -0.4 is 16.8 Å². The molecule has 0 atom stereocenters. The highest BCUT2D eigenvalue weighted by molar-refractivity contribution is 9.10. The van der Waals surface area contributed by atoms with Gasteiger partial charge in [0.15, 0.2) is 0 Å². The number of aromatic nitrogens is 1. The third kappa shape index (κ3) is 4.03. The Morgan fingerprint density at radius 3 is 3.00 bits per heavy atom. The maximum atomic E-state index is 10.2. The quantitative estimate of drug-likeness (QED) is 0.709. The van der Waals surface area contributed by atoms with Crippen LogP contribution in [-0.2, 0) is 4.74 Å². The zero-order chi connectivity index (χ0) is 11.3. The minimum atomic E-state index is -0.798. The lowest BCUT2D eigenvalue weighted by Gasteiger charge is -2.07. The monoisotopic (exact) mass is 274 g/mol. The summed E-state index contributed by atoms with van der Waals surface area (Å²) in [6.07, 6.45) is 0.821. The molecule has 1 amide bonds. The molecule has 0 spiro atoms. The second-order valence-electron chi connectivity index (χ2n) is 2.69. The summed E-state index contributed by atoms with van der Waals surface area (Å²) >= 11 is 3.24. The summed E-state index contributed by atoms with van der Waals surface area (Å²) in [4.78, 5) is 14.3. The van der Waals surface area contributed by atoms with Crippen LogP contribution in [0, 0.1) is 0 Å². The third-order valence-corrected chi connectivity index (χ3v) is 1.96. The van der Waals surface area contributed by atoms with Crippen molar-refractivity contribution in [2.75, 3.05) is 24.2 Å². The number of primary amides is 1. The molecule has 0 saturated heterocycles. The Labute approximate surface area is 95.1 Å². The lowest BCUT2D eigenvalue weighted by atomic mass is 10.4. The van der Waals surface area contributed by atoms with Gasteiger partial charge >= 0.3 is 6.09 Å². The first-order valence-electron chi connectivity index (χ1n) is 4.16. The summed E-state index contributed by atoms with van der Waals surface area (Å²) in [5.41, 5.74) is 11.0. The van der Waals surface area contributed by atoms with Gasteiger partial charge in [-0.05, 0) is 22.0 Å². The lowest BCUT2D eigenvalue weighted by Crippen LogP contribution is -2.19. The highest BCUT2D eigenvalue weighted by Crippen LogP contribution is 2.19. The van der Waals surface area contributed by atoms with Crippen LogP contribution in [0.15, 0.2) is 16.7 Å². The average Bonchev–Trinajstić information content (AvgIpc) is 2.14. The molecule has 0 aliphatic carbocycles. The number of nitrogen functional groups attached to an aromatic ring is 1. The number of nitrogens with zero attached hydrogens (tertiary/aromatic N) is 1. The van der Waals surface area contributed by atoms with Gasteiger partial charge in [-0.1, -0.05) is 0 Å². The SMILES string of the molecule is NC(=O)OCCNc1ncc(Br)cc1N. The highest BCUT2D eigenvalue weighted by atomic mass is 79.9. The van der Waals surface area contributed by atoms with Gasteiger partial charge in [0, 0.05) is 10.7 Å². The van der Waals surface area contributed by atoms with Gasteiger partial charge in [-0.3, -0.25) is 0 Å². The number of hydrogen-bond acceptors (Lipinski definition) is 5. The van der Waals surface area contributed by atoms with E-state index >= 15 is 0 Å². The normalized spacial score (nSPS) is 9.67. The van der Waals surface area contributed by atoms with E-state index in [2.05, 4.69) is 31.0 Å². The molecule has 1 aromatic heterocycles. The molecule has 1 heterocycles. The minimum absolute atomic E-state index is 0.173. The fourth-order valence-electron chi connectivity index (χ4n) is 0.924. The molecule has 15 heavy (non-hydrogen) atoms. The first-order valence-corrected chi connectivity index (χ1v) is 4.96. The van der Waals surface area contributed by atoms with Crippen LogP contribution in [0.4, 0.5) is 16.3 Å². The number of hydrogen-bond donors (Lipinski definition) is 3. The molecular weight excluding hydrogens is 264 g/mol. The van der Waals surface area contributed by atoms with Crippen molar-refractivity contribution in [3.05, 3.63) is 16.7 Å². The fraction of sp³-hybridized carbons (Fsp3) is 0.250. The molecule has 0 bridgehead atoms. The van der Waals surface area contributed by atoms with Crippen LogP contribution in [0.1, 0.15) is 0 Å². The Kier molecular flexibility index (Phi) is 4.17. The van der Waals surface area contributed by atoms with Crippen LogP contribution in [0.2, 0.25) is 0 Å². The van der Waals surface area contributed by atoms with E-state index in [0.717, 1.165) is 4.47 Å². The number of amides is 1. The minimum Gasteiger partial charge on any atom is -0.448 e. The van der Waals surface area contributed by atoms with Crippen LogP contribution in [0.3, 0.4) is 0 Å². The zero-order valence-electron chi connectivity index (χ0n) is 7.87. The predicted molar refractivity (Wildman–Crippen MR) is 60.4 cm³/mol. The number of nitrogens with two attached hydrogens (primary N) is 2. The van der Waals surface area contributed by atoms with E-state index in [0.29, 0.717) is 18.1 Å². The first kappa shape index (κ1) is 11.6. The molecule has 0 aliphatic rings. The third-order valence-electron chi connectivity index (χ3n) is 1.52. The number of rotatable bonds is 4. The summed E-state index contributed by atoms with van der Waals surface area (Å²) in [7, 11) is 0. The smallest absolute Gasteiger partial charge is 0.404 e. The van der Waals surface area contributed by atoms with E-state index in [9.17, 15) is 4.79 Å². The average molecular weight is 275 g/mol. The van der Waals surface area contributed by atoms with Crippen LogP contribution in [-0.4, -0.2) is 24.2 Å². The fourth-order valence-corrected chi connectivity index (χ4v) is 1.27. The number of anilines is 2. The molecule has 5 N–H and O–H groups in total. The van der Waals surface area contributed by atoms with E-state index in [1.165, 1.54) is 0 Å². The molecule has 1 aromatic rings. The second-order valence-corrected chi connectivity index (χ2v) is 3.60. The van der Waals surface area contributed by atoms with E-state index in [1.807, 2.05) is 0 Å². The molecule has 0 saturated carbocycles. The molecule has 1 rings (SSSR count). The van der Waals surface area contributed by atoms with Gasteiger partial charge in [-0.15, -0.1) is 0 Å². The molecule has 82 valence electrons. The molecule has 6 nitrogen and oxygen atoms in total. The lowest BCUT2D eigenvalue weighted by molar-refractivity contribution is 0.161. The summed E-state index contributed by atoms with van der Waals surface area (Å²) in [6.45, 7) is 0.578. The van der Waals surface area contributed by atoms with Gasteiger partial charge in [-0.2, -0.15) is 0 Å².